The number of hydrogen-bond donors (Lipinski definition) is 0. The normalized spacial score (nSPS) is 11.6. The Morgan fingerprint density at radius 1 is 0.867 bits per heavy atom. The van der Waals surface area contributed by atoms with E-state index in [4.69, 9.17) is 18.5 Å². The van der Waals surface area contributed by atoms with E-state index in [9.17, 15) is 4.57 Å². The van der Waals surface area contributed by atoms with Crippen LogP contribution in [-0.4, -0.2) is 26.7 Å². The first-order chi connectivity index (χ1) is 14.4. The van der Waals surface area contributed by atoms with Crippen LogP contribution >= 0.6 is 7.60 Å². The molecule has 0 saturated carbocycles. The lowest BCUT2D eigenvalue weighted by molar-refractivity contribution is 0.197. The van der Waals surface area contributed by atoms with Gasteiger partial charge in [0.05, 0.1) is 20.3 Å². The molecule has 3 aromatic carbocycles. The highest BCUT2D eigenvalue weighted by Gasteiger charge is 2.25. The molecule has 0 atom stereocenters. The Hall–Kier alpha value is -2.33. The van der Waals surface area contributed by atoms with Gasteiger partial charge in [-0.2, -0.15) is 0 Å². The third-order valence-corrected chi connectivity index (χ3v) is 6.65. The third kappa shape index (κ3) is 4.86. The highest BCUT2D eigenvalue weighted by Crippen LogP contribution is 2.48. The summed E-state index contributed by atoms with van der Waals surface area (Å²) < 4.78 is 34.5. The monoisotopic (exact) mass is 428 g/mol. The molecular formula is C24H29O5P. The van der Waals surface area contributed by atoms with Crippen LogP contribution in [0.3, 0.4) is 0 Å². The van der Waals surface area contributed by atoms with Crippen LogP contribution in [0.15, 0.2) is 48.5 Å². The van der Waals surface area contributed by atoms with E-state index in [-0.39, 0.29) is 6.35 Å². The predicted octanol–water partition coefficient (Wildman–Crippen LogP) is 6.73. The van der Waals surface area contributed by atoms with E-state index in [2.05, 4.69) is 38.1 Å². The van der Waals surface area contributed by atoms with Crippen molar-refractivity contribution >= 4 is 18.4 Å². The van der Waals surface area contributed by atoms with Gasteiger partial charge in [0.25, 0.3) is 0 Å². The van der Waals surface area contributed by atoms with Gasteiger partial charge in [-0.05, 0) is 85.0 Å². The summed E-state index contributed by atoms with van der Waals surface area (Å²) in [5.41, 5.74) is 4.48. The summed E-state index contributed by atoms with van der Waals surface area (Å²) in [6.07, 6.45) is -0.110. The van der Waals surface area contributed by atoms with Crippen LogP contribution in [0.2, 0.25) is 0 Å². The van der Waals surface area contributed by atoms with Gasteiger partial charge in [-0.25, -0.2) is 0 Å². The zero-order valence-electron chi connectivity index (χ0n) is 18.2. The molecule has 3 aromatic rings. The smallest absolute Gasteiger partial charge is 0.367 e. The number of aryl methyl sites for hydroxylation is 2. The average molecular weight is 428 g/mol. The molecule has 6 heteroatoms. The lowest BCUT2D eigenvalue weighted by Crippen LogP contribution is -2.06. The zero-order chi connectivity index (χ0) is 21.7. The van der Waals surface area contributed by atoms with Crippen molar-refractivity contribution in [3.63, 3.8) is 0 Å². The van der Waals surface area contributed by atoms with Crippen LogP contribution in [-0.2, 0) is 13.6 Å². The first-order valence-corrected chi connectivity index (χ1v) is 11.8. The van der Waals surface area contributed by atoms with Gasteiger partial charge in [0.2, 0.25) is 0 Å². The number of ether oxygens (including phenoxy) is 2. The minimum atomic E-state index is -3.26. The van der Waals surface area contributed by atoms with Crippen LogP contribution < -0.4 is 9.47 Å². The molecule has 0 heterocycles. The second-order valence-corrected chi connectivity index (χ2v) is 9.04. The minimum Gasteiger partial charge on any atom is -0.497 e. The van der Waals surface area contributed by atoms with E-state index >= 15 is 0 Å². The average Bonchev–Trinajstić information content (AvgIpc) is 2.72. The molecular weight excluding hydrogens is 399 g/mol. The summed E-state index contributed by atoms with van der Waals surface area (Å²) in [7, 11) is -1.58. The number of fused-ring (bicyclic) bond motifs is 1. The first-order valence-electron chi connectivity index (χ1n) is 10.1. The third-order valence-electron chi connectivity index (χ3n) is 4.90. The maximum Gasteiger partial charge on any atom is 0.367 e. The van der Waals surface area contributed by atoms with E-state index in [1.54, 1.807) is 21.0 Å². The molecule has 0 aliphatic rings. The summed E-state index contributed by atoms with van der Waals surface area (Å²) in [6, 6.07) is 16.3. The fraction of sp³-hybridized carbons (Fsp3) is 0.333. The molecule has 0 amide bonds. The Morgan fingerprint density at radius 2 is 1.53 bits per heavy atom. The van der Waals surface area contributed by atoms with Crippen LogP contribution in [0, 0.1) is 13.8 Å². The molecule has 160 valence electrons. The van der Waals surface area contributed by atoms with Gasteiger partial charge >= 0.3 is 7.60 Å². The van der Waals surface area contributed by atoms with Gasteiger partial charge in [-0.1, -0.05) is 24.3 Å². The van der Waals surface area contributed by atoms with E-state index in [0.717, 1.165) is 38.8 Å². The van der Waals surface area contributed by atoms with Crippen LogP contribution in [0.1, 0.15) is 25.0 Å². The molecule has 0 radical (unpaired) electrons. The summed E-state index contributed by atoms with van der Waals surface area (Å²) in [6.45, 7) is 8.31. The second kappa shape index (κ2) is 9.65. The Balaban J connectivity index is 1.94. The highest BCUT2D eigenvalue weighted by atomic mass is 31.2. The second-order valence-electron chi connectivity index (χ2n) is 7.04. The summed E-state index contributed by atoms with van der Waals surface area (Å²) in [4.78, 5) is 0. The van der Waals surface area contributed by atoms with E-state index < -0.39 is 7.60 Å². The summed E-state index contributed by atoms with van der Waals surface area (Å²) in [5, 5.41) is 2.29. The predicted molar refractivity (Wildman–Crippen MR) is 122 cm³/mol. The molecule has 0 aliphatic heterocycles. The van der Waals surface area contributed by atoms with Crippen molar-refractivity contribution in [2.75, 3.05) is 26.7 Å². The zero-order valence-corrected chi connectivity index (χ0v) is 19.1. The molecule has 0 saturated heterocycles. The summed E-state index contributed by atoms with van der Waals surface area (Å²) in [5.74, 6) is 1.49. The Morgan fingerprint density at radius 3 is 2.13 bits per heavy atom. The number of benzene rings is 3. The number of hydrogen-bond acceptors (Lipinski definition) is 5. The highest BCUT2D eigenvalue weighted by molar-refractivity contribution is 7.53. The lowest BCUT2D eigenvalue weighted by atomic mass is 9.91. The SMILES string of the molecule is CCOP(=O)(COc1cc(C)c(-c2cccc3cc(OC)ccc23)c(C)c1)OCC. The molecule has 0 fully saturated rings. The molecule has 0 N–H and O–H groups in total. The first kappa shape index (κ1) is 22.4. The minimum absolute atomic E-state index is 0.110. The van der Waals surface area contributed by atoms with Crippen molar-refractivity contribution < 1.29 is 23.1 Å². The Kier molecular flexibility index (Phi) is 7.19. The van der Waals surface area contributed by atoms with E-state index in [0.29, 0.717) is 19.0 Å². The maximum absolute atomic E-state index is 12.7. The number of methoxy groups -OCH3 is 1. The van der Waals surface area contributed by atoms with Crippen molar-refractivity contribution in [2.24, 2.45) is 0 Å². The van der Waals surface area contributed by atoms with Crippen LogP contribution in [0.25, 0.3) is 21.9 Å². The van der Waals surface area contributed by atoms with Crippen molar-refractivity contribution in [2.45, 2.75) is 27.7 Å². The topological polar surface area (TPSA) is 54.0 Å². The van der Waals surface area contributed by atoms with Crippen molar-refractivity contribution in [1.82, 2.24) is 0 Å². The largest absolute Gasteiger partial charge is 0.497 e. The van der Waals surface area contributed by atoms with Crippen molar-refractivity contribution in [3.05, 3.63) is 59.7 Å². The molecule has 0 aromatic heterocycles. The fourth-order valence-corrected chi connectivity index (χ4v) is 5.02. The van der Waals surface area contributed by atoms with Crippen LogP contribution in [0.5, 0.6) is 11.5 Å². The van der Waals surface area contributed by atoms with E-state index in [1.165, 1.54) is 0 Å². The van der Waals surface area contributed by atoms with Gasteiger partial charge in [0.15, 0.2) is 6.35 Å². The van der Waals surface area contributed by atoms with Crippen molar-refractivity contribution in [1.29, 1.82) is 0 Å². The standard InChI is InChI=1S/C24H29O5P/c1-6-28-30(25,29-7-2)16-27-21-13-17(3)24(18(4)14-21)23-10-8-9-19-15-20(26-5)11-12-22(19)23/h8-15H,6-7,16H2,1-5H3. The Labute approximate surface area is 178 Å². The van der Waals surface area contributed by atoms with Gasteiger partial charge in [0, 0.05) is 0 Å². The Bertz CT molecular complexity index is 1040. The fourth-order valence-electron chi connectivity index (χ4n) is 3.70. The quantitative estimate of drug-likeness (QED) is 0.354. The van der Waals surface area contributed by atoms with Crippen LogP contribution in [0.4, 0.5) is 0 Å². The van der Waals surface area contributed by atoms with Crippen molar-refractivity contribution in [3.8, 4) is 22.6 Å². The molecule has 3 rings (SSSR count). The molecule has 0 bridgehead atoms. The lowest BCUT2D eigenvalue weighted by Gasteiger charge is -2.19. The van der Waals surface area contributed by atoms with E-state index in [1.807, 2.05) is 24.3 Å². The molecule has 0 spiro atoms. The molecule has 0 aliphatic carbocycles. The van der Waals surface area contributed by atoms with Gasteiger partial charge < -0.3 is 18.5 Å². The molecule has 5 nitrogen and oxygen atoms in total. The molecule has 0 unspecified atom stereocenters. The van der Waals surface area contributed by atoms with Gasteiger partial charge in [0.1, 0.15) is 11.5 Å². The van der Waals surface area contributed by atoms with Gasteiger partial charge in [-0.3, -0.25) is 4.57 Å². The maximum atomic E-state index is 12.7. The number of rotatable bonds is 9. The molecule has 30 heavy (non-hydrogen) atoms. The summed E-state index contributed by atoms with van der Waals surface area (Å²) >= 11 is 0. The van der Waals surface area contributed by atoms with Gasteiger partial charge in [-0.15, -0.1) is 0 Å².